The second-order valence-corrected chi connectivity index (χ2v) is 3.63. The van der Waals surface area contributed by atoms with Crippen LogP contribution in [0.2, 0.25) is 0 Å². The van der Waals surface area contributed by atoms with Crippen molar-refractivity contribution in [2.75, 3.05) is 26.7 Å². The first-order valence-corrected chi connectivity index (χ1v) is 5.13. The van der Waals surface area contributed by atoms with Gasteiger partial charge in [-0.3, -0.25) is 4.79 Å². The molecule has 1 amide bonds. The van der Waals surface area contributed by atoms with E-state index < -0.39 is 0 Å². The Morgan fingerprint density at radius 3 is 2.64 bits per heavy atom. The van der Waals surface area contributed by atoms with E-state index in [1.807, 2.05) is 13.8 Å². The minimum Gasteiger partial charge on any atom is -0.377 e. The average Bonchev–Trinajstić information content (AvgIpc) is 2.13. The van der Waals surface area contributed by atoms with Crippen LogP contribution in [-0.2, 0) is 9.53 Å². The molecule has 0 saturated carbocycles. The Bertz CT molecular complexity index is 160. The molecule has 14 heavy (non-hydrogen) atoms. The van der Waals surface area contributed by atoms with E-state index in [1.165, 1.54) is 0 Å². The molecule has 0 bridgehead atoms. The monoisotopic (exact) mass is 202 g/mol. The fraction of sp³-hybridized carbons (Fsp3) is 0.900. The molecule has 0 radical (unpaired) electrons. The van der Waals surface area contributed by atoms with Gasteiger partial charge in [-0.05, 0) is 26.8 Å². The van der Waals surface area contributed by atoms with E-state index in [1.54, 1.807) is 11.9 Å². The molecule has 0 aliphatic heterocycles. The van der Waals surface area contributed by atoms with Gasteiger partial charge in [0.15, 0.2) is 0 Å². The summed E-state index contributed by atoms with van der Waals surface area (Å²) in [5, 5.41) is 0. The molecule has 0 rings (SSSR count). The van der Waals surface area contributed by atoms with E-state index in [9.17, 15) is 4.79 Å². The van der Waals surface area contributed by atoms with Crippen molar-refractivity contribution < 1.29 is 9.53 Å². The Balaban J connectivity index is 3.51. The molecule has 84 valence electrons. The highest BCUT2D eigenvalue weighted by Crippen LogP contribution is 1.95. The number of likely N-dealkylation sites (N-methyl/N-ethyl adjacent to an activating group) is 1. The first-order chi connectivity index (χ1) is 6.57. The lowest BCUT2D eigenvalue weighted by Crippen LogP contribution is -2.30. The second kappa shape index (κ2) is 7.76. The Labute approximate surface area is 86.4 Å². The lowest BCUT2D eigenvalue weighted by molar-refractivity contribution is -0.130. The van der Waals surface area contributed by atoms with Crippen LogP contribution in [-0.4, -0.2) is 43.7 Å². The van der Waals surface area contributed by atoms with Crippen molar-refractivity contribution in [2.45, 2.75) is 32.8 Å². The number of rotatable bonds is 7. The number of hydrogen-bond acceptors (Lipinski definition) is 3. The number of carbonyl (C=O) groups is 1. The first kappa shape index (κ1) is 13.4. The largest absolute Gasteiger partial charge is 0.377 e. The summed E-state index contributed by atoms with van der Waals surface area (Å²) in [5.41, 5.74) is 5.32. The van der Waals surface area contributed by atoms with Gasteiger partial charge in [0.1, 0.15) is 0 Å². The zero-order valence-corrected chi connectivity index (χ0v) is 9.45. The smallest absolute Gasteiger partial charge is 0.222 e. The Morgan fingerprint density at radius 2 is 2.14 bits per heavy atom. The van der Waals surface area contributed by atoms with Crippen LogP contribution in [0.25, 0.3) is 0 Å². The maximum absolute atomic E-state index is 11.4. The van der Waals surface area contributed by atoms with E-state index in [2.05, 4.69) is 0 Å². The highest BCUT2D eigenvalue weighted by molar-refractivity contribution is 5.75. The lowest BCUT2D eigenvalue weighted by Gasteiger charge is -2.17. The van der Waals surface area contributed by atoms with Gasteiger partial charge in [0.05, 0.1) is 12.7 Å². The topological polar surface area (TPSA) is 55.6 Å². The fourth-order valence-corrected chi connectivity index (χ4v) is 0.994. The molecule has 4 heteroatoms. The summed E-state index contributed by atoms with van der Waals surface area (Å²) in [6.45, 7) is 5.79. The minimum atomic E-state index is 0.141. The van der Waals surface area contributed by atoms with Gasteiger partial charge in [-0.15, -0.1) is 0 Å². The normalized spacial score (nSPS) is 10.6. The van der Waals surface area contributed by atoms with E-state index in [0.29, 0.717) is 26.1 Å². The molecular formula is C10H22N2O2. The van der Waals surface area contributed by atoms with Crippen molar-refractivity contribution >= 4 is 5.91 Å². The number of carbonyl (C=O) groups excluding carboxylic acids is 1. The molecule has 0 aliphatic rings. The van der Waals surface area contributed by atoms with Crippen LogP contribution >= 0.6 is 0 Å². The standard InChI is InChI=1S/C10H22N2O2/c1-9(2)14-8-7-12(3)10(13)5-4-6-11/h9H,4-8,11H2,1-3H3. The molecule has 0 aromatic rings. The summed E-state index contributed by atoms with van der Waals surface area (Å²) in [6.07, 6.45) is 1.52. The van der Waals surface area contributed by atoms with Crippen LogP contribution in [0.15, 0.2) is 0 Å². The van der Waals surface area contributed by atoms with Crippen molar-refractivity contribution in [3.63, 3.8) is 0 Å². The zero-order chi connectivity index (χ0) is 11.0. The van der Waals surface area contributed by atoms with Crippen LogP contribution in [0.4, 0.5) is 0 Å². The SMILES string of the molecule is CC(C)OCCN(C)C(=O)CCCN. The molecule has 4 nitrogen and oxygen atoms in total. The number of nitrogens with two attached hydrogens (primary N) is 1. The number of amides is 1. The fourth-order valence-electron chi connectivity index (χ4n) is 0.994. The van der Waals surface area contributed by atoms with Crippen LogP contribution in [0.5, 0.6) is 0 Å². The van der Waals surface area contributed by atoms with E-state index in [-0.39, 0.29) is 12.0 Å². The van der Waals surface area contributed by atoms with Crippen LogP contribution < -0.4 is 5.73 Å². The summed E-state index contributed by atoms with van der Waals surface area (Å²) in [7, 11) is 1.79. The van der Waals surface area contributed by atoms with Gasteiger partial charge >= 0.3 is 0 Å². The molecule has 0 saturated heterocycles. The minimum absolute atomic E-state index is 0.141. The van der Waals surface area contributed by atoms with Gasteiger partial charge in [-0.25, -0.2) is 0 Å². The Kier molecular flexibility index (Phi) is 7.42. The Morgan fingerprint density at radius 1 is 1.50 bits per heavy atom. The second-order valence-electron chi connectivity index (χ2n) is 3.63. The average molecular weight is 202 g/mol. The van der Waals surface area contributed by atoms with Crippen molar-refractivity contribution in [1.82, 2.24) is 4.90 Å². The first-order valence-electron chi connectivity index (χ1n) is 5.13. The number of nitrogens with zero attached hydrogens (tertiary/aromatic N) is 1. The molecular weight excluding hydrogens is 180 g/mol. The third kappa shape index (κ3) is 6.86. The quantitative estimate of drug-likeness (QED) is 0.658. The molecule has 0 aromatic carbocycles. The molecule has 2 N–H and O–H groups in total. The Hall–Kier alpha value is -0.610. The molecule has 0 atom stereocenters. The van der Waals surface area contributed by atoms with Crippen molar-refractivity contribution in [2.24, 2.45) is 5.73 Å². The maximum atomic E-state index is 11.4. The summed E-state index contributed by atoms with van der Waals surface area (Å²) in [6, 6.07) is 0. The summed E-state index contributed by atoms with van der Waals surface area (Å²) in [4.78, 5) is 13.1. The van der Waals surface area contributed by atoms with Crippen LogP contribution in [0.1, 0.15) is 26.7 Å². The molecule has 0 spiro atoms. The molecule has 0 aromatic heterocycles. The summed E-state index contributed by atoms with van der Waals surface area (Å²) < 4.78 is 5.35. The molecule has 0 aliphatic carbocycles. The predicted molar refractivity (Wildman–Crippen MR) is 57.0 cm³/mol. The van der Waals surface area contributed by atoms with Gasteiger partial charge in [0.2, 0.25) is 5.91 Å². The third-order valence-electron chi connectivity index (χ3n) is 1.90. The number of hydrogen-bond donors (Lipinski definition) is 1. The highest BCUT2D eigenvalue weighted by Gasteiger charge is 2.07. The zero-order valence-electron chi connectivity index (χ0n) is 9.45. The van der Waals surface area contributed by atoms with Gasteiger partial charge < -0.3 is 15.4 Å². The van der Waals surface area contributed by atoms with Crippen molar-refractivity contribution in [1.29, 1.82) is 0 Å². The van der Waals surface area contributed by atoms with Gasteiger partial charge in [0, 0.05) is 20.0 Å². The van der Waals surface area contributed by atoms with Gasteiger partial charge in [-0.2, -0.15) is 0 Å². The van der Waals surface area contributed by atoms with E-state index >= 15 is 0 Å². The maximum Gasteiger partial charge on any atom is 0.222 e. The predicted octanol–water partition coefficient (Wildman–Crippen LogP) is 0.609. The van der Waals surface area contributed by atoms with E-state index in [4.69, 9.17) is 10.5 Å². The number of ether oxygens (including phenoxy) is 1. The van der Waals surface area contributed by atoms with Crippen LogP contribution in [0.3, 0.4) is 0 Å². The lowest BCUT2D eigenvalue weighted by atomic mass is 10.3. The highest BCUT2D eigenvalue weighted by atomic mass is 16.5. The van der Waals surface area contributed by atoms with Gasteiger partial charge in [0.25, 0.3) is 0 Å². The van der Waals surface area contributed by atoms with Crippen molar-refractivity contribution in [3.8, 4) is 0 Å². The van der Waals surface area contributed by atoms with E-state index in [0.717, 1.165) is 6.42 Å². The summed E-state index contributed by atoms with van der Waals surface area (Å²) in [5.74, 6) is 0.141. The van der Waals surface area contributed by atoms with Crippen LogP contribution in [0, 0.1) is 0 Å². The summed E-state index contributed by atoms with van der Waals surface area (Å²) >= 11 is 0. The van der Waals surface area contributed by atoms with Crippen molar-refractivity contribution in [3.05, 3.63) is 0 Å². The molecule has 0 fully saturated rings. The molecule has 0 heterocycles. The third-order valence-corrected chi connectivity index (χ3v) is 1.90. The van der Waals surface area contributed by atoms with Gasteiger partial charge in [-0.1, -0.05) is 0 Å². The molecule has 0 unspecified atom stereocenters.